The second-order valence-corrected chi connectivity index (χ2v) is 7.30. The molecule has 0 aromatic carbocycles. The molecule has 120 valence electrons. The molecule has 2 aromatic rings. The van der Waals surface area contributed by atoms with E-state index in [0.29, 0.717) is 0 Å². The molecule has 1 N–H and O–H groups in total. The Bertz CT molecular complexity index is 656. The van der Waals surface area contributed by atoms with Crippen LogP contribution in [-0.2, 0) is 4.74 Å². The van der Waals surface area contributed by atoms with Gasteiger partial charge in [0.05, 0.1) is 23.9 Å². The third-order valence-electron chi connectivity index (χ3n) is 4.46. The van der Waals surface area contributed by atoms with Gasteiger partial charge >= 0.3 is 0 Å². The Morgan fingerprint density at radius 2 is 2.30 bits per heavy atom. The van der Waals surface area contributed by atoms with Crippen LogP contribution in [0.5, 0.6) is 0 Å². The van der Waals surface area contributed by atoms with Gasteiger partial charge in [0.1, 0.15) is 0 Å². The summed E-state index contributed by atoms with van der Waals surface area (Å²) in [4.78, 5) is 8.15. The first kappa shape index (κ1) is 15.1. The zero-order valence-electron chi connectivity index (χ0n) is 12.7. The fourth-order valence-corrected chi connectivity index (χ4v) is 4.57. The molecule has 2 aliphatic rings. The van der Waals surface area contributed by atoms with Crippen LogP contribution < -0.4 is 5.32 Å². The first-order chi connectivity index (χ1) is 11.3. The second kappa shape index (κ2) is 6.55. The largest absolute Gasteiger partial charge is 0.376 e. The number of rotatable bonds is 4. The van der Waals surface area contributed by atoms with E-state index in [1.807, 2.05) is 18.3 Å². The highest BCUT2D eigenvalue weighted by molar-refractivity contribution is 7.80. The monoisotopic (exact) mass is 345 g/mol. The summed E-state index contributed by atoms with van der Waals surface area (Å²) in [6, 6.07) is 10.6. The van der Waals surface area contributed by atoms with E-state index in [4.69, 9.17) is 17.0 Å². The molecule has 0 radical (unpaired) electrons. The molecule has 2 fully saturated rings. The van der Waals surface area contributed by atoms with Crippen molar-refractivity contribution >= 4 is 28.7 Å². The predicted molar refractivity (Wildman–Crippen MR) is 95.5 cm³/mol. The van der Waals surface area contributed by atoms with Crippen LogP contribution in [0.4, 0.5) is 0 Å². The van der Waals surface area contributed by atoms with Crippen LogP contribution in [0.25, 0.3) is 0 Å². The van der Waals surface area contributed by atoms with E-state index in [9.17, 15) is 0 Å². The van der Waals surface area contributed by atoms with Crippen LogP contribution in [0, 0.1) is 0 Å². The summed E-state index contributed by atoms with van der Waals surface area (Å²) < 4.78 is 5.83. The molecule has 2 aromatic heterocycles. The normalized spacial score (nSPS) is 27.4. The van der Waals surface area contributed by atoms with E-state index < -0.39 is 0 Å². The SMILES string of the molecule is S=C1N[C@H](c2ccccn2)[C@@H](c2cccs2)N1C[C@H]1CCCO1. The Balaban J connectivity index is 1.66. The maximum absolute atomic E-state index is 5.83. The van der Waals surface area contributed by atoms with Crippen molar-refractivity contribution in [1.29, 1.82) is 0 Å². The lowest BCUT2D eigenvalue weighted by Crippen LogP contribution is -2.36. The van der Waals surface area contributed by atoms with Crippen LogP contribution >= 0.6 is 23.6 Å². The summed E-state index contributed by atoms with van der Waals surface area (Å²) >= 11 is 7.41. The number of pyridine rings is 1. The maximum atomic E-state index is 5.83. The molecule has 23 heavy (non-hydrogen) atoms. The summed E-state index contributed by atoms with van der Waals surface area (Å²) in [5.74, 6) is 0. The number of thiophene rings is 1. The number of thiocarbonyl (C=S) groups is 1. The van der Waals surface area contributed by atoms with Gasteiger partial charge in [-0.1, -0.05) is 12.1 Å². The summed E-state index contributed by atoms with van der Waals surface area (Å²) in [5.41, 5.74) is 1.03. The van der Waals surface area contributed by atoms with Gasteiger partial charge in [-0.2, -0.15) is 0 Å². The lowest BCUT2D eigenvalue weighted by molar-refractivity contribution is 0.0846. The Morgan fingerprint density at radius 3 is 3.00 bits per heavy atom. The Kier molecular flexibility index (Phi) is 4.29. The van der Waals surface area contributed by atoms with Crippen molar-refractivity contribution in [2.75, 3.05) is 13.2 Å². The minimum atomic E-state index is 0.0868. The molecule has 0 aliphatic carbocycles. The van der Waals surface area contributed by atoms with Crippen LogP contribution in [-0.4, -0.2) is 34.3 Å². The van der Waals surface area contributed by atoms with Crippen LogP contribution in [0.3, 0.4) is 0 Å². The van der Waals surface area contributed by atoms with E-state index in [2.05, 4.69) is 38.8 Å². The van der Waals surface area contributed by atoms with E-state index in [0.717, 1.165) is 36.8 Å². The van der Waals surface area contributed by atoms with Gasteiger partial charge in [-0.05, 0) is 48.6 Å². The Hall–Kier alpha value is -1.50. The fourth-order valence-electron chi connectivity index (χ4n) is 3.38. The first-order valence-corrected chi connectivity index (χ1v) is 9.25. The number of hydrogen-bond acceptors (Lipinski definition) is 4. The molecule has 0 unspecified atom stereocenters. The molecule has 6 heteroatoms. The number of hydrogen-bond donors (Lipinski definition) is 1. The first-order valence-electron chi connectivity index (χ1n) is 7.96. The van der Waals surface area contributed by atoms with E-state index >= 15 is 0 Å². The van der Waals surface area contributed by atoms with E-state index in [1.54, 1.807) is 11.3 Å². The maximum Gasteiger partial charge on any atom is 0.170 e. The molecule has 4 heterocycles. The number of nitrogens with zero attached hydrogens (tertiary/aromatic N) is 2. The van der Waals surface area contributed by atoms with Gasteiger partial charge in [-0.25, -0.2) is 0 Å². The Morgan fingerprint density at radius 1 is 1.35 bits per heavy atom. The minimum Gasteiger partial charge on any atom is -0.376 e. The summed E-state index contributed by atoms with van der Waals surface area (Å²) in [7, 11) is 0. The van der Waals surface area contributed by atoms with Crippen LogP contribution in [0.15, 0.2) is 41.9 Å². The highest BCUT2D eigenvalue weighted by Crippen LogP contribution is 2.40. The highest BCUT2D eigenvalue weighted by Gasteiger charge is 2.41. The summed E-state index contributed by atoms with van der Waals surface area (Å²) in [6.07, 6.45) is 4.38. The second-order valence-electron chi connectivity index (χ2n) is 5.93. The van der Waals surface area contributed by atoms with E-state index in [1.165, 1.54) is 4.88 Å². The van der Waals surface area contributed by atoms with E-state index in [-0.39, 0.29) is 18.2 Å². The zero-order chi connectivity index (χ0) is 15.6. The van der Waals surface area contributed by atoms with Gasteiger partial charge in [0.25, 0.3) is 0 Å². The third-order valence-corrected chi connectivity index (χ3v) is 5.75. The molecule has 2 saturated heterocycles. The van der Waals surface area contributed by atoms with Gasteiger partial charge in [0.15, 0.2) is 5.11 Å². The zero-order valence-corrected chi connectivity index (χ0v) is 14.4. The van der Waals surface area contributed by atoms with Gasteiger partial charge < -0.3 is 15.0 Å². The lowest BCUT2D eigenvalue weighted by atomic mass is 10.0. The molecular weight excluding hydrogens is 326 g/mol. The molecule has 0 spiro atoms. The summed E-state index contributed by atoms with van der Waals surface area (Å²) in [6.45, 7) is 1.71. The molecule has 0 saturated carbocycles. The highest BCUT2D eigenvalue weighted by atomic mass is 32.1. The third kappa shape index (κ3) is 2.98. The summed E-state index contributed by atoms with van der Waals surface area (Å²) in [5, 5.41) is 6.40. The van der Waals surface area contributed by atoms with Crippen molar-refractivity contribution in [1.82, 2.24) is 15.2 Å². The topological polar surface area (TPSA) is 37.4 Å². The van der Waals surface area contributed by atoms with Crippen molar-refractivity contribution in [2.45, 2.75) is 31.0 Å². The van der Waals surface area contributed by atoms with Crippen molar-refractivity contribution in [2.24, 2.45) is 0 Å². The minimum absolute atomic E-state index is 0.0868. The van der Waals surface area contributed by atoms with Gasteiger partial charge in [0.2, 0.25) is 0 Å². The van der Waals surface area contributed by atoms with Gasteiger partial charge in [0, 0.05) is 24.2 Å². The predicted octanol–water partition coefficient (Wildman–Crippen LogP) is 3.29. The number of nitrogens with one attached hydrogen (secondary N) is 1. The average Bonchev–Trinajstić information content (AvgIpc) is 3.31. The lowest BCUT2D eigenvalue weighted by Gasteiger charge is -2.28. The Labute approximate surface area is 145 Å². The smallest absolute Gasteiger partial charge is 0.170 e. The molecule has 0 amide bonds. The molecule has 4 rings (SSSR count). The standard InChI is InChI=1S/C17H19N3OS2/c22-17-19-15(13-6-1-2-8-18-13)16(14-7-4-10-23-14)20(17)11-12-5-3-9-21-12/h1-2,4,6-8,10,12,15-16H,3,5,9,11H2,(H,19,22)/t12-,15-,16-/m1/s1. The van der Waals surface area contributed by atoms with Crippen molar-refractivity contribution in [3.05, 3.63) is 52.5 Å². The van der Waals surface area contributed by atoms with Crippen LogP contribution in [0.1, 0.15) is 35.5 Å². The van der Waals surface area contributed by atoms with Crippen LogP contribution in [0.2, 0.25) is 0 Å². The number of aromatic nitrogens is 1. The quantitative estimate of drug-likeness (QED) is 0.861. The van der Waals surface area contributed by atoms with Gasteiger partial charge in [-0.15, -0.1) is 11.3 Å². The molecular formula is C17H19N3OS2. The average molecular weight is 345 g/mol. The van der Waals surface area contributed by atoms with Crippen molar-refractivity contribution < 1.29 is 4.74 Å². The molecule has 3 atom stereocenters. The fraction of sp³-hybridized carbons (Fsp3) is 0.412. The van der Waals surface area contributed by atoms with Crippen molar-refractivity contribution in [3.8, 4) is 0 Å². The number of ether oxygens (including phenoxy) is 1. The molecule has 2 aliphatic heterocycles. The molecule has 4 nitrogen and oxygen atoms in total. The van der Waals surface area contributed by atoms with Crippen molar-refractivity contribution in [3.63, 3.8) is 0 Å². The van der Waals surface area contributed by atoms with Gasteiger partial charge in [-0.3, -0.25) is 4.98 Å². The molecule has 0 bridgehead atoms.